The minimum absolute atomic E-state index is 0.0502. The van der Waals surface area contributed by atoms with Crippen LogP contribution in [0.4, 0.5) is 0 Å². The molecule has 1 saturated carbocycles. The summed E-state index contributed by atoms with van der Waals surface area (Å²) in [5.74, 6) is -0.578. The van der Waals surface area contributed by atoms with Gasteiger partial charge in [-0.2, -0.15) is 0 Å². The van der Waals surface area contributed by atoms with Crippen LogP contribution in [0, 0.1) is 17.8 Å². The van der Waals surface area contributed by atoms with Gasteiger partial charge in [0.15, 0.2) is 0 Å². The normalized spacial score (nSPS) is 32.7. The van der Waals surface area contributed by atoms with E-state index in [1.807, 2.05) is 6.92 Å². The van der Waals surface area contributed by atoms with Gasteiger partial charge in [-0.1, -0.05) is 13.3 Å². The maximum Gasteiger partial charge on any atom is 0.326 e. The number of carbonyl (C=O) groups excluding carboxylic acids is 2. The van der Waals surface area contributed by atoms with Crippen molar-refractivity contribution < 1.29 is 19.5 Å². The standard InChI is InChI=1S/C18H28N2O4/c1-2-5-15(21)19-9-4-7-13(10-19)17(22)20-11-12-6-3-8-14(12)16(20)18(23)24/h12-14,16H,2-11H2,1H3,(H,23,24). The number of aliphatic carboxylic acids is 1. The third-order valence-electron chi connectivity index (χ3n) is 6.01. The van der Waals surface area contributed by atoms with Gasteiger partial charge in [0.1, 0.15) is 6.04 Å². The van der Waals surface area contributed by atoms with E-state index >= 15 is 0 Å². The van der Waals surface area contributed by atoms with Gasteiger partial charge in [0.05, 0.1) is 5.92 Å². The lowest BCUT2D eigenvalue weighted by atomic mass is 9.93. The zero-order valence-corrected chi connectivity index (χ0v) is 14.4. The van der Waals surface area contributed by atoms with Crippen LogP contribution in [0.25, 0.3) is 0 Å². The van der Waals surface area contributed by atoms with Crippen molar-refractivity contribution in [3.63, 3.8) is 0 Å². The molecule has 3 rings (SSSR count). The minimum atomic E-state index is -0.868. The van der Waals surface area contributed by atoms with E-state index < -0.39 is 12.0 Å². The summed E-state index contributed by atoms with van der Waals surface area (Å²) in [6.07, 6.45) is 5.93. The smallest absolute Gasteiger partial charge is 0.326 e. The molecule has 2 aliphatic heterocycles. The van der Waals surface area contributed by atoms with Crippen LogP contribution in [0.2, 0.25) is 0 Å². The Kier molecular flexibility index (Phi) is 5.11. The molecule has 134 valence electrons. The molecule has 0 aromatic carbocycles. The Hall–Kier alpha value is -1.59. The van der Waals surface area contributed by atoms with Crippen molar-refractivity contribution in [1.29, 1.82) is 0 Å². The number of fused-ring (bicyclic) bond motifs is 1. The first kappa shape index (κ1) is 17.2. The highest BCUT2D eigenvalue weighted by molar-refractivity contribution is 5.87. The third-order valence-corrected chi connectivity index (χ3v) is 6.01. The van der Waals surface area contributed by atoms with Crippen LogP contribution >= 0.6 is 0 Å². The van der Waals surface area contributed by atoms with Gasteiger partial charge >= 0.3 is 5.97 Å². The fourth-order valence-corrected chi connectivity index (χ4v) is 4.86. The summed E-state index contributed by atoms with van der Waals surface area (Å²) >= 11 is 0. The molecule has 1 N–H and O–H groups in total. The highest BCUT2D eigenvalue weighted by Crippen LogP contribution is 2.43. The molecule has 1 aliphatic carbocycles. The summed E-state index contributed by atoms with van der Waals surface area (Å²) in [5, 5.41) is 9.63. The number of amides is 2. The van der Waals surface area contributed by atoms with Crippen LogP contribution in [-0.4, -0.2) is 58.4 Å². The van der Waals surface area contributed by atoms with Crippen LogP contribution in [0.5, 0.6) is 0 Å². The second-order valence-electron chi connectivity index (χ2n) is 7.56. The van der Waals surface area contributed by atoms with E-state index in [2.05, 4.69) is 0 Å². The maximum absolute atomic E-state index is 13.0. The van der Waals surface area contributed by atoms with Crippen molar-refractivity contribution in [3.05, 3.63) is 0 Å². The van der Waals surface area contributed by atoms with Gasteiger partial charge in [-0.3, -0.25) is 9.59 Å². The van der Waals surface area contributed by atoms with E-state index in [9.17, 15) is 19.5 Å². The van der Waals surface area contributed by atoms with Gasteiger partial charge in [0.2, 0.25) is 11.8 Å². The van der Waals surface area contributed by atoms with Crippen LogP contribution < -0.4 is 0 Å². The highest BCUT2D eigenvalue weighted by Gasteiger charge is 2.50. The van der Waals surface area contributed by atoms with Crippen molar-refractivity contribution >= 4 is 17.8 Å². The highest BCUT2D eigenvalue weighted by atomic mass is 16.4. The Labute approximate surface area is 143 Å². The SMILES string of the molecule is CCCC(=O)N1CCCC(C(=O)N2CC3CCCC3C2C(=O)O)C1. The zero-order chi connectivity index (χ0) is 17.3. The quantitative estimate of drug-likeness (QED) is 0.848. The van der Waals surface area contributed by atoms with E-state index in [4.69, 9.17) is 0 Å². The Morgan fingerprint density at radius 1 is 1.08 bits per heavy atom. The summed E-state index contributed by atoms with van der Waals surface area (Å²) in [5.41, 5.74) is 0. The largest absolute Gasteiger partial charge is 0.480 e. The monoisotopic (exact) mass is 336 g/mol. The fourth-order valence-electron chi connectivity index (χ4n) is 4.86. The molecule has 3 fully saturated rings. The predicted molar refractivity (Wildman–Crippen MR) is 88.2 cm³/mol. The number of hydrogen-bond donors (Lipinski definition) is 1. The topological polar surface area (TPSA) is 77.9 Å². The van der Waals surface area contributed by atoms with Crippen LogP contribution in [0.3, 0.4) is 0 Å². The molecule has 24 heavy (non-hydrogen) atoms. The lowest BCUT2D eigenvalue weighted by Gasteiger charge is -2.35. The molecule has 3 aliphatic rings. The summed E-state index contributed by atoms with van der Waals surface area (Å²) in [4.78, 5) is 40.3. The molecule has 2 heterocycles. The minimum Gasteiger partial charge on any atom is -0.480 e. The van der Waals surface area contributed by atoms with Gasteiger partial charge in [0.25, 0.3) is 0 Å². The number of nitrogens with zero attached hydrogens (tertiary/aromatic N) is 2. The van der Waals surface area contributed by atoms with Crippen molar-refractivity contribution in [2.45, 2.75) is 57.9 Å². The van der Waals surface area contributed by atoms with Gasteiger partial charge in [-0.25, -0.2) is 4.79 Å². The number of hydrogen-bond acceptors (Lipinski definition) is 3. The average molecular weight is 336 g/mol. The molecular weight excluding hydrogens is 308 g/mol. The summed E-state index contributed by atoms with van der Waals surface area (Å²) in [6, 6.07) is -0.660. The fraction of sp³-hybridized carbons (Fsp3) is 0.833. The Morgan fingerprint density at radius 2 is 1.88 bits per heavy atom. The summed E-state index contributed by atoms with van der Waals surface area (Å²) in [7, 11) is 0. The summed E-state index contributed by atoms with van der Waals surface area (Å²) in [6.45, 7) is 3.73. The van der Waals surface area contributed by atoms with Gasteiger partial charge < -0.3 is 14.9 Å². The number of likely N-dealkylation sites (tertiary alicyclic amines) is 2. The van der Waals surface area contributed by atoms with E-state index in [0.29, 0.717) is 25.4 Å². The number of piperidine rings is 1. The molecule has 4 atom stereocenters. The first-order valence-corrected chi connectivity index (χ1v) is 9.34. The number of carboxylic acid groups (broad SMARTS) is 1. The Balaban J connectivity index is 1.69. The van der Waals surface area contributed by atoms with Crippen molar-refractivity contribution in [2.75, 3.05) is 19.6 Å². The molecule has 0 aromatic rings. The molecule has 0 radical (unpaired) electrons. The van der Waals surface area contributed by atoms with E-state index in [1.165, 1.54) is 0 Å². The number of carbonyl (C=O) groups is 3. The van der Waals surface area contributed by atoms with Crippen molar-refractivity contribution in [2.24, 2.45) is 17.8 Å². The molecule has 2 amide bonds. The van der Waals surface area contributed by atoms with Crippen LogP contribution in [0.1, 0.15) is 51.9 Å². The number of rotatable bonds is 4. The third kappa shape index (κ3) is 3.15. The predicted octanol–water partition coefficient (Wildman–Crippen LogP) is 1.74. The van der Waals surface area contributed by atoms with Crippen LogP contribution in [0.15, 0.2) is 0 Å². The van der Waals surface area contributed by atoms with Gasteiger partial charge in [-0.15, -0.1) is 0 Å². The number of carboxylic acids is 1. The van der Waals surface area contributed by atoms with Gasteiger partial charge in [0, 0.05) is 26.1 Å². The second kappa shape index (κ2) is 7.11. The molecule has 4 unspecified atom stereocenters. The van der Waals surface area contributed by atoms with Crippen molar-refractivity contribution in [1.82, 2.24) is 9.80 Å². The van der Waals surface area contributed by atoms with E-state index in [-0.39, 0.29) is 23.7 Å². The molecule has 0 spiro atoms. The lowest BCUT2D eigenvalue weighted by molar-refractivity contribution is -0.152. The zero-order valence-electron chi connectivity index (χ0n) is 14.4. The molecule has 2 saturated heterocycles. The van der Waals surface area contributed by atoms with E-state index in [0.717, 1.165) is 45.1 Å². The first-order valence-electron chi connectivity index (χ1n) is 9.34. The van der Waals surface area contributed by atoms with Crippen LogP contribution in [-0.2, 0) is 14.4 Å². The molecule has 6 heteroatoms. The van der Waals surface area contributed by atoms with E-state index in [1.54, 1.807) is 9.80 Å². The Bertz CT molecular complexity index is 521. The van der Waals surface area contributed by atoms with Gasteiger partial charge in [-0.05, 0) is 43.9 Å². The van der Waals surface area contributed by atoms with Crippen molar-refractivity contribution in [3.8, 4) is 0 Å². The Morgan fingerprint density at radius 3 is 2.58 bits per heavy atom. The summed E-state index contributed by atoms with van der Waals surface area (Å²) < 4.78 is 0. The molecule has 0 aromatic heterocycles. The lowest BCUT2D eigenvalue weighted by Crippen LogP contribution is -2.50. The first-order chi connectivity index (χ1) is 11.5. The average Bonchev–Trinajstić information content (AvgIpc) is 3.14. The maximum atomic E-state index is 13.0. The molecule has 6 nitrogen and oxygen atoms in total. The second-order valence-corrected chi connectivity index (χ2v) is 7.56. The molecular formula is C18H28N2O4. The molecule has 0 bridgehead atoms.